The van der Waals surface area contributed by atoms with Gasteiger partial charge in [-0.1, -0.05) is 72.6 Å². The van der Waals surface area contributed by atoms with Crippen LogP contribution in [0.15, 0.2) is 0 Å². The van der Waals surface area contributed by atoms with Crippen molar-refractivity contribution in [3.63, 3.8) is 0 Å². The van der Waals surface area contributed by atoms with E-state index in [4.69, 9.17) is 0 Å². The first-order valence-corrected chi connectivity index (χ1v) is 9.69. The molecular formula is C14H32OSi. The molecule has 0 spiro atoms. The van der Waals surface area contributed by atoms with Crippen LogP contribution in [0.25, 0.3) is 0 Å². The standard InChI is InChI=1S/C14H32OSi/c1-6-7-8-9-10-11-12-13-16(5,15)14(2,3)4/h15H,6-13H2,1-5H3. The molecule has 16 heavy (non-hydrogen) atoms. The third-order valence-corrected chi connectivity index (χ3v) is 8.44. The maximum Gasteiger partial charge on any atom is 0.190 e. The monoisotopic (exact) mass is 244 g/mol. The van der Waals surface area contributed by atoms with Gasteiger partial charge in [-0.05, 0) is 17.6 Å². The Balaban J connectivity index is 3.51. The molecule has 1 nitrogen and oxygen atoms in total. The van der Waals surface area contributed by atoms with Crippen LogP contribution in [0.5, 0.6) is 0 Å². The molecule has 2 heteroatoms. The molecule has 98 valence electrons. The molecule has 0 bridgehead atoms. The molecule has 0 aromatic heterocycles. The zero-order chi connectivity index (χ0) is 12.7. The first-order chi connectivity index (χ1) is 7.31. The van der Waals surface area contributed by atoms with E-state index in [0.717, 1.165) is 6.04 Å². The lowest BCUT2D eigenvalue weighted by atomic mass is 10.1. The Kier molecular flexibility index (Phi) is 7.58. The van der Waals surface area contributed by atoms with Gasteiger partial charge in [-0.15, -0.1) is 0 Å². The summed E-state index contributed by atoms with van der Waals surface area (Å²) in [6.07, 6.45) is 9.37. The smallest absolute Gasteiger partial charge is 0.190 e. The van der Waals surface area contributed by atoms with E-state index >= 15 is 0 Å². The summed E-state index contributed by atoms with van der Waals surface area (Å²) in [6, 6.07) is 1.07. The van der Waals surface area contributed by atoms with Gasteiger partial charge in [-0.25, -0.2) is 0 Å². The molecule has 0 aromatic carbocycles. The van der Waals surface area contributed by atoms with Gasteiger partial charge < -0.3 is 4.80 Å². The van der Waals surface area contributed by atoms with Crippen molar-refractivity contribution in [2.75, 3.05) is 0 Å². The largest absolute Gasteiger partial charge is 0.431 e. The molecule has 0 saturated carbocycles. The molecular weight excluding hydrogens is 212 g/mol. The fourth-order valence-electron chi connectivity index (χ4n) is 1.80. The van der Waals surface area contributed by atoms with E-state index in [1.54, 1.807) is 0 Å². The van der Waals surface area contributed by atoms with Crippen molar-refractivity contribution in [2.45, 2.75) is 90.3 Å². The minimum atomic E-state index is -1.98. The van der Waals surface area contributed by atoms with Crippen molar-refractivity contribution >= 4 is 8.32 Å². The Morgan fingerprint density at radius 1 is 0.875 bits per heavy atom. The Morgan fingerprint density at radius 2 is 1.31 bits per heavy atom. The lowest BCUT2D eigenvalue weighted by Crippen LogP contribution is -2.40. The quantitative estimate of drug-likeness (QED) is 0.465. The number of unbranched alkanes of at least 4 members (excludes halogenated alkanes) is 6. The van der Waals surface area contributed by atoms with Gasteiger partial charge in [0.1, 0.15) is 0 Å². The minimum absolute atomic E-state index is 0.134. The maximum absolute atomic E-state index is 10.4. The van der Waals surface area contributed by atoms with Gasteiger partial charge in [-0.3, -0.25) is 0 Å². The first-order valence-electron chi connectivity index (χ1n) is 7.03. The molecule has 0 amide bonds. The zero-order valence-corrected chi connectivity index (χ0v) is 13.1. The van der Waals surface area contributed by atoms with Gasteiger partial charge >= 0.3 is 0 Å². The highest BCUT2D eigenvalue weighted by Gasteiger charge is 2.37. The second-order valence-corrected chi connectivity index (χ2v) is 10.9. The van der Waals surface area contributed by atoms with Crippen molar-refractivity contribution in [2.24, 2.45) is 0 Å². The lowest BCUT2D eigenvalue weighted by molar-refractivity contribution is 0.467. The van der Waals surface area contributed by atoms with E-state index in [1.165, 1.54) is 44.9 Å². The van der Waals surface area contributed by atoms with Crippen LogP contribution in [0.1, 0.15) is 72.6 Å². The molecule has 1 N–H and O–H groups in total. The molecule has 1 unspecified atom stereocenters. The summed E-state index contributed by atoms with van der Waals surface area (Å²) in [4.78, 5) is 10.4. The van der Waals surface area contributed by atoms with Crippen LogP contribution in [0, 0.1) is 0 Å². The molecule has 0 radical (unpaired) electrons. The Morgan fingerprint density at radius 3 is 1.75 bits per heavy atom. The Hall–Kier alpha value is 0.177. The van der Waals surface area contributed by atoms with E-state index < -0.39 is 8.32 Å². The fraction of sp³-hybridized carbons (Fsp3) is 1.00. The molecule has 0 saturated heterocycles. The fourth-order valence-corrected chi connectivity index (χ4v) is 3.49. The van der Waals surface area contributed by atoms with Crippen molar-refractivity contribution in [1.29, 1.82) is 0 Å². The Bertz CT molecular complexity index is 170. The minimum Gasteiger partial charge on any atom is -0.431 e. The van der Waals surface area contributed by atoms with Gasteiger partial charge in [0.15, 0.2) is 8.32 Å². The van der Waals surface area contributed by atoms with Crippen molar-refractivity contribution < 1.29 is 4.80 Å². The van der Waals surface area contributed by atoms with Crippen LogP contribution in [-0.2, 0) is 0 Å². The number of hydrogen-bond donors (Lipinski definition) is 1. The van der Waals surface area contributed by atoms with Crippen LogP contribution in [-0.4, -0.2) is 13.1 Å². The van der Waals surface area contributed by atoms with E-state index in [1.807, 2.05) is 0 Å². The summed E-state index contributed by atoms with van der Waals surface area (Å²) < 4.78 is 0. The highest BCUT2D eigenvalue weighted by Crippen LogP contribution is 2.37. The van der Waals surface area contributed by atoms with Crippen LogP contribution >= 0.6 is 0 Å². The van der Waals surface area contributed by atoms with Crippen molar-refractivity contribution in [3.05, 3.63) is 0 Å². The van der Waals surface area contributed by atoms with Crippen LogP contribution in [0.4, 0.5) is 0 Å². The molecule has 0 aliphatic heterocycles. The maximum atomic E-state index is 10.4. The average Bonchev–Trinajstić information content (AvgIpc) is 2.14. The number of hydrogen-bond acceptors (Lipinski definition) is 1. The van der Waals surface area contributed by atoms with Crippen molar-refractivity contribution in [1.82, 2.24) is 0 Å². The molecule has 0 aromatic rings. The van der Waals surface area contributed by atoms with E-state index in [-0.39, 0.29) is 5.04 Å². The molecule has 1 atom stereocenters. The van der Waals surface area contributed by atoms with Gasteiger partial charge in [0.25, 0.3) is 0 Å². The van der Waals surface area contributed by atoms with Crippen LogP contribution in [0.3, 0.4) is 0 Å². The third kappa shape index (κ3) is 6.69. The highest BCUT2D eigenvalue weighted by molar-refractivity contribution is 6.74. The molecule has 0 aliphatic rings. The van der Waals surface area contributed by atoms with E-state index in [2.05, 4.69) is 34.2 Å². The van der Waals surface area contributed by atoms with Gasteiger partial charge in [0, 0.05) is 0 Å². The molecule has 0 aliphatic carbocycles. The summed E-state index contributed by atoms with van der Waals surface area (Å²) in [5, 5.41) is 0.134. The summed E-state index contributed by atoms with van der Waals surface area (Å²) >= 11 is 0. The second kappa shape index (κ2) is 7.49. The lowest BCUT2D eigenvalue weighted by Gasteiger charge is -2.34. The topological polar surface area (TPSA) is 20.2 Å². The first kappa shape index (κ1) is 16.2. The van der Waals surface area contributed by atoms with E-state index in [9.17, 15) is 4.80 Å². The predicted molar refractivity (Wildman–Crippen MR) is 76.4 cm³/mol. The highest BCUT2D eigenvalue weighted by atomic mass is 28.4. The normalized spacial score (nSPS) is 16.1. The summed E-state index contributed by atoms with van der Waals surface area (Å²) in [5.74, 6) is 0. The van der Waals surface area contributed by atoms with Gasteiger partial charge in [-0.2, -0.15) is 0 Å². The summed E-state index contributed by atoms with van der Waals surface area (Å²) in [5.41, 5.74) is 0. The van der Waals surface area contributed by atoms with Crippen LogP contribution in [0.2, 0.25) is 17.6 Å². The molecule has 0 rings (SSSR count). The van der Waals surface area contributed by atoms with Gasteiger partial charge in [0.05, 0.1) is 0 Å². The summed E-state index contributed by atoms with van der Waals surface area (Å²) in [7, 11) is -1.98. The second-order valence-electron chi connectivity index (χ2n) is 6.40. The molecule has 0 heterocycles. The summed E-state index contributed by atoms with van der Waals surface area (Å²) in [6.45, 7) is 10.9. The van der Waals surface area contributed by atoms with Crippen LogP contribution < -0.4 is 0 Å². The average molecular weight is 244 g/mol. The third-order valence-electron chi connectivity index (χ3n) is 3.88. The predicted octanol–water partition coefficient (Wildman–Crippen LogP) is 5.10. The molecule has 0 fully saturated rings. The van der Waals surface area contributed by atoms with Gasteiger partial charge in [0.2, 0.25) is 0 Å². The van der Waals surface area contributed by atoms with E-state index in [0.29, 0.717) is 0 Å². The van der Waals surface area contributed by atoms with Crippen molar-refractivity contribution in [3.8, 4) is 0 Å². The Labute approximate surface area is 104 Å². The SMILES string of the molecule is CCCCCCCCC[Si](C)(O)C(C)(C)C. The zero-order valence-electron chi connectivity index (χ0n) is 12.1. The number of rotatable bonds is 8.